The number of benzene rings is 3. The summed E-state index contributed by atoms with van der Waals surface area (Å²) in [6.45, 7) is 1.93. The Bertz CT molecular complexity index is 1380. The number of carboxylic acid groups (broad SMARTS) is 1. The van der Waals surface area contributed by atoms with Crippen LogP contribution in [0.2, 0.25) is 5.02 Å². The fourth-order valence-corrected chi connectivity index (χ4v) is 5.79. The Balaban J connectivity index is 0.00000353. The van der Waals surface area contributed by atoms with Gasteiger partial charge in [0, 0.05) is 30.2 Å². The number of nitrogens with zero attached hydrogens (tertiary/aromatic N) is 1. The van der Waals surface area contributed by atoms with Crippen molar-refractivity contribution in [1.29, 1.82) is 0 Å². The van der Waals surface area contributed by atoms with E-state index in [1.807, 2.05) is 24.3 Å². The van der Waals surface area contributed by atoms with Crippen LogP contribution < -0.4 is 4.74 Å². The minimum atomic E-state index is -0.993. The lowest BCUT2D eigenvalue weighted by atomic mass is 9.87. The van der Waals surface area contributed by atoms with E-state index in [1.165, 1.54) is 6.07 Å². The molecular formula is C31H31Cl2F2NO3. The van der Waals surface area contributed by atoms with Crippen molar-refractivity contribution in [3.8, 4) is 5.75 Å². The number of hydrogen-bond donors (Lipinski definition) is 1. The summed E-state index contributed by atoms with van der Waals surface area (Å²) in [5.74, 6) is -0.812. The molecule has 39 heavy (non-hydrogen) atoms. The second-order valence-corrected chi connectivity index (χ2v) is 10.3. The van der Waals surface area contributed by atoms with Gasteiger partial charge in [-0.05, 0) is 96.3 Å². The molecule has 0 unspecified atom stereocenters. The molecule has 4 nitrogen and oxygen atoms in total. The fourth-order valence-electron chi connectivity index (χ4n) is 5.55. The maximum absolute atomic E-state index is 15.6. The van der Waals surface area contributed by atoms with Gasteiger partial charge in [0.05, 0.1) is 12.2 Å². The first-order valence-electron chi connectivity index (χ1n) is 13.0. The third-order valence-corrected chi connectivity index (χ3v) is 7.67. The highest BCUT2D eigenvalue weighted by Crippen LogP contribution is 2.43. The molecule has 0 bridgehead atoms. The van der Waals surface area contributed by atoms with Gasteiger partial charge in [-0.1, -0.05) is 35.9 Å². The highest BCUT2D eigenvalue weighted by molar-refractivity contribution is 6.32. The number of aryl methyl sites for hydroxylation is 1. The molecule has 0 amide bonds. The monoisotopic (exact) mass is 573 g/mol. The predicted octanol–water partition coefficient (Wildman–Crippen LogP) is 7.71. The van der Waals surface area contributed by atoms with Gasteiger partial charge in [-0.25, -0.2) is 9.18 Å². The molecule has 3 aromatic rings. The van der Waals surface area contributed by atoms with Crippen LogP contribution in [0.15, 0.2) is 60.7 Å². The summed E-state index contributed by atoms with van der Waals surface area (Å²) in [7, 11) is 0. The average Bonchev–Trinajstić information content (AvgIpc) is 3.27. The maximum atomic E-state index is 15.6. The van der Waals surface area contributed by atoms with Gasteiger partial charge in [-0.15, -0.1) is 12.4 Å². The van der Waals surface area contributed by atoms with Gasteiger partial charge in [-0.3, -0.25) is 9.29 Å². The SMILES string of the molecule is Cl.O=C(O)c1ccc2c(c1)CCCC(c1ccccc1Cl)=C2c1cc(O[C@@H]2CCN(CCCF)C2)ccc1F. The molecule has 0 aromatic heterocycles. The summed E-state index contributed by atoms with van der Waals surface area (Å²) in [5.41, 5.74) is 4.75. The number of allylic oxidation sites excluding steroid dienone is 1. The number of likely N-dealkylation sites (tertiary alicyclic amines) is 1. The molecule has 3 aromatic carbocycles. The quantitative estimate of drug-likeness (QED) is 0.300. The van der Waals surface area contributed by atoms with E-state index in [-0.39, 0.29) is 36.6 Å². The highest BCUT2D eigenvalue weighted by Gasteiger charge is 2.27. The van der Waals surface area contributed by atoms with Gasteiger partial charge in [0.2, 0.25) is 0 Å². The summed E-state index contributed by atoms with van der Waals surface area (Å²) in [6, 6.07) is 17.4. The summed E-state index contributed by atoms with van der Waals surface area (Å²) in [5, 5.41) is 10.1. The van der Waals surface area contributed by atoms with Crippen LogP contribution in [0.1, 0.15) is 58.3 Å². The Labute approximate surface area is 238 Å². The molecule has 1 atom stereocenters. The Kier molecular flexibility index (Phi) is 9.65. The van der Waals surface area contributed by atoms with Gasteiger partial charge < -0.3 is 9.84 Å². The van der Waals surface area contributed by atoms with Crippen molar-refractivity contribution >= 4 is 41.1 Å². The van der Waals surface area contributed by atoms with Crippen LogP contribution >= 0.6 is 24.0 Å². The van der Waals surface area contributed by atoms with Crippen LogP contribution in [0.5, 0.6) is 5.75 Å². The topological polar surface area (TPSA) is 49.8 Å². The first-order chi connectivity index (χ1) is 18.4. The Morgan fingerprint density at radius 2 is 1.87 bits per heavy atom. The normalized spacial score (nSPS) is 17.4. The number of carbonyl (C=O) groups is 1. The first-order valence-corrected chi connectivity index (χ1v) is 13.4. The van der Waals surface area contributed by atoms with Gasteiger partial charge in [0.15, 0.2) is 0 Å². The zero-order chi connectivity index (χ0) is 26.6. The lowest BCUT2D eigenvalue weighted by Gasteiger charge is -2.20. The first kappa shape index (κ1) is 29.1. The highest BCUT2D eigenvalue weighted by atomic mass is 35.5. The van der Waals surface area contributed by atoms with Crippen LogP contribution in [0.3, 0.4) is 0 Å². The molecule has 2 aliphatic rings. The van der Waals surface area contributed by atoms with Crippen molar-refractivity contribution in [3.05, 3.63) is 99.3 Å². The maximum Gasteiger partial charge on any atom is 0.335 e. The van der Waals surface area contributed by atoms with E-state index >= 15 is 4.39 Å². The minimum absolute atomic E-state index is 0. The molecule has 8 heteroatoms. The lowest BCUT2D eigenvalue weighted by molar-refractivity contribution is 0.0696. The zero-order valence-electron chi connectivity index (χ0n) is 21.5. The van der Waals surface area contributed by atoms with E-state index < -0.39 is 5.97 Å². The third kappa shape index (κ3) is 6.46. The fraction of sp³-hybridized carbons (Fsp3) is 0.323. The van der Waals surface area contributed by atoms with Crippen molar-refractivity contribution in [2.24, 2.45) is 0 Å². The van der Waals surface area contributed by atoms with Crippen LogP contribution in [-0.2, 0) is 6.42 Å². The Hall–Kier alpha value is -2.93. The van der Waals surface area contributed by atoms with Crippen LogP contribution in [0.25, 0.3) is 11.1 Å². The molecule has 0 radical (unpaired) electrons. The number of carboxylic acids is 1. The molecule has 0 spiro atoms. The van der Waals surface area contributed by atoms with E-state index in [0.717, 1.165) is 41.6 Å². The molecule has 0 saturated carbocycles. The van der Waals surface area contributed by atoms with Gasteiger partial charge in [0.1, 0.15) is 17.7 Å². The van der Waals surface area contributed by atoms with Crippen LogP contribution in [0, 0.1) is 5.82 Å². The number of aromatic carboxylic acids is 1. The number of alkyl halides is 1. The summed E-state index contributed by atoms with van der Waals surface area (Å²) in [6.07, 6.45) is 3.39. The molecular weight excluding hydrogens is 543 g/mol. The van der Waals surface area contributed by atoms with Gasteiger partial charge >= 0.3 is 5.97 Å². The van der Waals surface area contributed by atoms with Crippen molar-refractivity contribution in [2.45, 2.75) is 38.2 Å². The van der Waals surface area contributed by atoms with E-state index in [1.54, 1.807) is 30.3 Å². The number of ether oxygens (including phenoxy) is 1. The van der Waals surface area contributed by atoms with Crippen LogP contribution in [-0.4, -0.2) is 48.4 Å². The van der Waals surface area contributed by atoms with Gasteiger partial charge in [0.25, 0.3) is 0 Å². The molecule has 1 saturated heterocycles. The number of fused-ring (bicyclic) bond motifs is 1. The zero-order valence-corrected chi connectivity index (χ0v) is 23.0. The molecule has 1 fully saturated rings. The second kappa shape index (κ2) is 12.9. The van der Waals surface area contributed by atoms with E-state index in [0.29, 0.717) is 54.3 Å². The largest absolute Gasteiger partial charge is 0.489 e. The van der Waals surface area contributed by atoms with Crippen molar-refractivity contribution in [1.82, 2.24) is 4.90 Å². The minimum Gasteiger partial charge on any atom is -0.489 e. The third-order valence-electron chi connectivity index (χ3n) is 7.34. The summed E-state index contributed by atoms with van der Waals surface area (Å²) < 4.78 is 34.5. The molecule has 1 heterocycles. The van der Waals surface area contributed by atoms with Crippen molar-refractivity contribution < 1.29 is 23.4 Å². The van der Waals surface area contributed by atoms with E-state index in [9.17, 15) is 14.3 Å². The van der Waals surface area contributed by atoms with Gasteiger partial charge in [-0.2, -0.15) is 0 Å². The molecule has 206 valence electrons. The number of hydrogen-bond acceptors (Lipinski definition) is 3. The predicted molar refractivity (Wildman–Crippen MR) is 153 cm³/mol. The summed E-state index contributed by atoms with van der Waals surface area (Å²) >= 11 is 6.63. The Morgan fingerprint density at radius 3 is 2.64 bits per heavy atom. The second-order valence-electron chi connectivity index (χ2n) is 9.88. The molecule has 1 aliphatic carbocycles. The van der Waals surface area contributed by atoms with Crippen molar-refractivity contribution in [2.75, 3.05) is 26.3 Å². The molecule has 1 N–H and O–H groups in total. The average molecular weight is 574 g/mol. The van der Waals surface area contributed by atoms with E-state index in [4.69, 9.17) is 16.3 Å². The number of halogens is 4. The Morgan fingerprint density at radius 1 is 1.05 bits per heavy atom. The lowest BCUT2D eigenvalue weighted by Crippen LogP contribution is -2.26. The van der Waals surface area contributed by atoms with E-state index in [2.05, 4.69) is 4.90 Å². The van der Waals surface area contributed by atoms with Crippen LogP contribution in [0.4, 0.5) is 8.78 Å². The smallest absolute Gasteiger partial charge is 0.335 e. The standard InChI is InChI=1S/C31H30ClF2NO3.ClH/c32-28-8-2-1-6-25(28)26-7-3-5-20-17-21(31(36)37)9-11-24(20)30(26)27-18-22(10-12-29(27)34)38-23-13-16-35(19-23)15-4-14-33;/h1-2,6,8-12,17-18,23H,3-5,7,13-16,19H2,(H,36,37);1H/t23-;/m1./s1. The molecule has 1 aliphatic heterocycles. The molecule has 5 rings (SSSR count). The summed E-state index contributed by atoms with van der Waals surface area (Å²) in [4.78, 5) is 13.9. The number of rotatable bonds is 8. The van der Waals surface area contributed by atoms with Crippen molar-refractivity contribution in [3.63, 3.8) is 0 Å².